The van der Waals surface area contributed by atoms with E-state index in [1.54, 1.807) is 15.6 Å². The van der Waals surface area contributed by atoms with Gasteiger partial charge in [-0.3, -0.25) is 0 Å². The SMILES string of the molecule is CC[C@@H](C(C)C(C)C)n1ncn(-c2ccc(N3CCN(c4ccc(OC[C@H]5COC(Cn6cncn6)(c6ccc(F)cc6F)O5)cc4)CC3)cc2)c1=O. The third-order valence-electron chi connectivity index (χ3n) is 10.5. The van der Waals surface area contributed by atoms with Crippen molar-refractivity contribution in [1.29, 1.82) is 0 Å². The fraction of sp³-hybridized carbons (Fsp3) is 0.436. The standard InChI is InChI=1S/C39H46F2N8O4/c1-5-37(28(4)27(2)3)49-38(50)48(26-44-49)32-9-7-30(8-10-32)45-16-18-46(19-17-45)31-11-13-33(14-12-31)51-21-34-22-52-39(53-34,23-47-25-42-24-43-47)35-15-6-29(40)20-36(35)41/h6-15,20,24-28,34,37H,5,16-19,21-23H2,1-4H3/t28?,34-,37-,39?/m0/s1. The molecule has 4 heterocycles. The molecule has 3 aromatic carbocycles. The Balaban J connectivity index is 0.921. The van der Waals surface area contributed by atoms with Crippen LogP contribution in [0.3, 0.4) is 0 Å². The molecular formula is C39H46F2N8O4. The summed E-state index contributed by atoms with van der Waals surface area (Å²) in [5.74, 6) is -1.51. The molecule has 2 fully saturated rings. The Labute approximate surface area is 307 Å². The number of aromatic nitrogens is 6. The predicted octanol–water partition coefficient (Wildman–Crippen LogP) is 5.82. The minimum absolute atomic E-state index is 0.0324. The van der Waals surface area contributed by atoms with E-state index in [2.05, 4.69) is 64.8 Å². The molecule has 0 amide bonds. The molecule has 2 aromatic heterocycles. The van der Waals surface area contributed by atoms with Gasteiger partial charge in [0.2, 0.25) is 5.79 Å². The van der Waals surface area contributed by atoms with Gasteiger partial charge < -0.3 is 24.0 Å². The van der Waals surface area contributed by atoms with Crippen LogP contribution in [0.5, 0.6) is 5.75 Å². The largest absolute Gasteiger partial charge is 0.491 e. The molecule has 2 aliphatic heterocycles. The second-order valence-electron chi connectivity index (χ2n) is 14.1. The molecule has 53 heavy (non-hydrogen) atoms. The summed E-state index contributed by atoms with van der Waals surface area (Å²) in [5, 5.41) is 8.60. The smallest absolute Gasteiger partial charge is 0.350 e. The van der Waals surface area contributed by atoms with Gasteiger partial charge in [0.1, 0.15) is 55.6 Å². The van der Waals surface area contributed by atoms with E-state index in [1.165, 1.54) is 29.5 Å². The average Bonchev–Trinajstić information content (AvgIpc) is 3.93. The number of ether oxygens (including phenoxy) is 3. The number of piperazine rings is 1. The van der Waals surface area contributed by atoms with Gasteiger partial charge in [-0.2, -0.15) is 10.2 Å². The van der Waals surface area contributed by atoms with Crippen LogP contribution in [0.15, 0.2) is 90.5 Å². The lowest BCUT2D eigenvalue weighted by Gasteiger charge is -2.37. The molecule has 7 rings (SSSR count). The molecule has 2 unspecified atom stereocenters. The predicted molar refractivity (Wildman–Crippen MR) is 196 cm³/mol. The Hall–Kier alpha value is -5.08. The normalized spacial score (nSPS) is 20.2. The zero-order valence-electron chi connectivity index (χ0n) is 30.5. The van der Waals surface area contributed by atoms with Crippen LogP contribution in [-0.4, -0.2) is 74.6 Å². The Kier molecular flexibility index (Phi) is 10.6. The summed E-state index contributed by atoms with van der Waals surface area (Å²) in [4.78, 5) is 22.0. The summed E-state index contributed by atoms with van der Waals surface area (Å²) in [6.07, 6.45) is 4.83. The fourth-order valence-electron chi connectivity index (χ4n) is 7.20. The van der Waals surface area contributed by atoms with E-state index < -0.39 is 23.5 Å². The van der Waals surface area contributed by atoms with Crippen molar-refractivity contribution in [3.8, 4) is 11.4 Å². The zero-order valence-corrected chi connectivity index (χ0v) is 30.5. The Morgan fingerprint density at radius 1 is 0.887 bits per heavy atom. The van der Waals surface area contributed by atoms with E-state index >= 15 is 0 Å². The lowest BCUT2D eigenvalue weighted by Crippen LogP contribution is -2.46. The van der Waals surface area contributed by atoms with Gasteiger partial charge in [0.05, 0.1) is 18.3 Å². The number of hydrogen-bond acceptors (Lipinski definition) is 9. The first-order chi connectivity index (χ1) is 25.6. The Morgan fingerprint density at radius 2 is 1.55 bits per heavy atom. The monoisotopic (exact) mass is 728 g/mol. The van der Waals surface area contributed by atoms with Crippen molar-refractivity contribution in [1.82, 2.24) is 29.1 Å². The summed E-state index contributed by atoms with van der Waals surface area (Å²) in [7, 11) is 0. The highest BCUT2D eigenvalue weighted by molar-refractivity contribution is 5.54. The first-order valence-electron chi connectivity index (χ1n) is 18.2. The second-order valence-corrected chi connectivity index (χ2v) is 14.1. The van der Waals surface area contributed by atoms with Crippen LogP contribution >= 0.6 is 0 Å². The van der Waals surface area contributed by atoms with Crippen LogP contribution in [-0.2, 0) is 21.8 Å². The van der Waals surface area contributed by atoms with Crippen molar-refractivity contribution in [3.05, 3.63) is 113 Å². The maximum absolute atomic E-state index is 14.9. The van der Waals surface area contributed by atoms with Crippen LogP contribution in [0.25, 0.3) is 5.69 Å². The summed E-state index contributed by atoms with van der Waals surface area (Å²) in [6.45, 7) is 12.4. The summed E-state index contributed by atoms with van der Waals surface area (Å²) in [5.41, 5.74) is 2.99. The Morgan fingerprint density at radius 3 is 2.15 bits per heavy atom. The minimum atomic E-state index is -1.51. The fourth-order valence-corrected chi connectivity index (χ4v) is 7.20. The van der Waals surface area contributed by atoms with Gasteiger partial charge in [0.15, 0.2) is 0 Å². The van der Waals surface area contributed by atoms with Gasteiger partial charge in [-0.15, -0.1) is 0 Å². The molecule has 280 valence electrons. The molecule has 2 saturated heterocycles. The molecule has 0 bridgehead atoms. The highest BCUT2D eigenvalue weighted by atomic mass is 19.1. The van der Waals surface area contributed by atoms with E-state index in [1.807, 2.05) is 36.4 Å². The van der Waals surface area contributed by atoms with Crippen LogP contribution in [0.4, 0.5) is 20.2 Å². The molecule has 5 aromatic rings. The summed E-state index contributed by atoms with van der Waals surface area (Å²) >= 11 is 0. The highest BCUT2D eigenvalue weighted by Crippen LogP contribution is 2.38. The molecule has 4 atom stereocenters. The molecule has 0 radical (unpaired) electrons. The van der Waals surface area contributed by atoms with Crippen LogP contribution in [0, 0.1) is 23.5 Å². The van der Waals surface area contributed by atoms with E-state index in [9.17, 15) is 13.6 Å². The van der Waals surface area contributed by atoms with Crippen molar-refractivity contribution in [2.24, 2.45) is 11.8 Å². The average molecular weight is 729 g/mol. The summed E-state index contributed by atoms with van der Waals surface area (Å²) < 4.78 is 51.7. The van der Waals surface area contributed by atoms with E-state index in [4.69, 9.17) is 14.2 Å². The maximum Gasteiger partial charge on any atom is 0.350 e. The van der Waals surface area contributed by atoms with Crippen molar-refractivity contribution in [2.45, 2.75) is 58.6 Å². The molecule has 0 spiro atoms. The van der Waals surface area contributed by atoms with E-state index in [-0.39, 0.29) is 37.1 Å². The van der Waals surface area contributed by atoms with Gasteiger partial charge in [0, 0.05) is 49.2 Å². The lowest BCUT2D eigenvalue weighted by atomic mass is 9.89. The van der Waals surface area contributed by atoms with Crippen LogP contribution in [0.2, 0.25) is 0 Å². The molecule has 0 aliphatic carbocycles. The van der Waals surface area contributed by atoms with Gasteiger partial charge >= 0.3 is 5.69 Å². The Bertz CT molecular complexity index is 2010. The van der Waals surface area contributed by atoms with Crippen molar-refractivity contribution >= 4 is 11.4 Å². The molecule has 0 saturated carbocycles. The number of nitrogens with zero attached hydrogens (tertiary/aromatic N) is 8. The van der Waals surface area contributed by atoms with Crippen LogP contribution in [0.1, 0.15) is 45.7 Å². The molecular weight excluding hydrogens is 682 g/mol. The first-order valence-corrected chi connectivity index (χ1v) is 18.2. The molecule has 14 heteroatoms. The quantitative estimate of drug-likeness (QED) is 0.148. The van der Waals surface area contributed by atoms with Gasteiger partial charge in [-0.1, -0.05) is 27.7 Å². The second kappa shape index (κ2) is 15.5. The third-order valence-corrected chi connectivity index (χ3v) is 10.5. The summed E-state index contributed by atoms with van der Waals surface area (Å²) in [6, 6.07) is 19.4. The molecule has 0 N–H and O–H groups in total. The molecule has 2 aliphatic rings. The van der Waals surface area contributed by atoms with Crippen molar-refractivity contribution in [3.63, 3.8) is 0 Å². The van der Waals surface area contributed by atoms with E-state index in [0.29, 0.717) is 17.6 Å². The zero-order chi connectivity index (χ0) is 37.1. The first kappa shape index (κ1) is 36.3. The number of rotatable bonds is 13. The number of hydrogen-bond donors (Lipinski definition) is 0. The van der Waals surface area contributed by atoms with Gasteiger partial charge in [-0.25, -0.2) is 32.5 Å². The van der Waals surface area contributed by atoms with Crippen molar-refractivity contribution in [2.75, 3.05) is 49.2 Å². The maximum atomic E-state index is 14.9. The number of halogens is 2. The van der Waals surface area contributed by atoms with Gasteiger partial charge in [-0.05, 0) is 78.9 Å². The number of anilines is 2. The van der Waals surface area contributed by atoms with Crippen molar-refractivity contribution < 1.29 is 23.0 Å². The number of benzene rings is 3. The lowest BCUT2D eigenvalue weighted by molar-refractivity contribution is -0.192. The third kappa shape index (κ3) is 7.70. The highest BCUT2D eigenvalue weighted by Gasteiger charge is 2.46. The van der Waals surface area contributed by atoms with Gasteiger partial charge in [0.25, 0.3) is 0 Å². The topological polar surface area (TPSA) is 105 Å². The van der Waals surface area contributed by atoms with Crippen LogP contribution < -0.4 is 20.2 Å². The minimum Gasteiger partial charge on any atom is -0.491 e. The van der Waals surface area contributed by atoms with E-state index in [0.717, 1.165) is 55.7 Å². The molecule has 12 nitrogen and oxygen atoms in total.